The number of hydrogen-bond donors (Lipinski definition) is 2. The van der Waals surface area contributed by atoms with Gasteiger partial charge < -0.3 is 5.32 Å². The van der Waals surface area contributed by atoms with Crippen molar-refractivity contribution in [2.24, 2.45) is 0 Å². The molecule has 3 aromatic rings. The van der Waals surface area contributed by atoms with Gasteiger partial charge in [-0.25, -0.2) is 8.42 Å². The minimum Gasteiger partial charge on any atom is -0.348 e. The van der Waals surface area contributed by atoms with Crippen molar-refractivity contribution < 1.29 is 13.2 Å². The van der Waals surface area contributed by atoms with Crippen LogP contribution < -0.4 is 10.0 Å². The third kappa shape index (κ3) is 4.84. The van der Waals surface area contributed by atoms with E-state index in [4.69, 9.17) is 23.2 Å². The second kappa shape index (κ2) is 8.65. The molecule has 3 aromatic carbocycles. The first-order chi connectivity index (χ1) is 13.4. The summed E-state index contributed by atoms with van der Waals surface area (Å²) < 4.78 is 27.2. The molecule has 0 unspecified atom stereocenters. The quantitative estimate of drug-likeness (QED) is 0.588. The van der Waals surface area contributed by atoms with E-state index in [0.717, 1.165) is 5.56 Å². The summed E-state index contributed by atoms with van der Waals surface area (Å²) in [4.78, 5) is 12.5. The predicted octanol–water partition coefficient (Wildman–Crippen LogP) is 4.72. The molecule has 0 heterocycles. The largest absolute Gasteiger partial charge is 0.348 e. The Kier molecular flexibility index (Phi) is 6.24. The maximum absolute atomic E-state index is 12.4. The Balaban J connectivity index is 1.71. The minimum atomic E-state index is -3.77. The fourth-order valence-electron chi connectivity index (χ4n) is 2.46. The maximum atomic E-state index is 12.4. The van der Waals surface area contributed by atoms with E-state index in [1.54, 1.807) is 24.3 Å². The topological polar surface area (TPSA) is 75.3 Å². The fourth-order valence-corrected chi connectivity index (χ4v) is 4.05. The van der Waals surface area contributed by atoms with Crippen molar-refractivity contribution in [1.29, 1.82) is 0 Å². The van der Waals surface area contributed by atoms with Gasteiger partial charge in [-0.05, 0) is 42.0 Å². The van der Waals surface area contributed by atoms with Crippen LogP contribution >= 0.6 is 23.2 Å². The van der Waals surface area contributed by atoms with Gasteiger partial charge in [-0.15, -0.1) is 0 Å². The Morgan fingerprint density at radius 1 is 0.857 bits per heavy atom. The lowest BCUT2D eigenvalue weighted by atomic mass is 10.2. The summed E-state index contributed by atoms with van der Waals surface area (Å²) in [6.07, 6.45) is 0. The van der Waals surface area contributed by atoms with Gasteiger partial charge in [0.1, 0.15) is 0 Å². The number of benzene rings is 3. The molecule has 0 aromatic heterocycles. The van der Waals surface area contributed by atoms with Crippen molar-refractivity contribution in [1.82, 2.24) is 5.32 Å². The molecule has 0 aliphatic heterocycles. The van der Waals surface area contributed by atoms with Crippen LogP contribution in [-0.2, 0) is 16.6 Å². The van der Waals surface area contributed by atoms with Crippen molar-refractivity contribution in [2.45, 2.75) is 11.4 Å². The number of halogens is 2. The van der Waals surface area contributed by atoms with Crippen LogP contribution in [0.3, 0.4) is 0 Å². The second-order valence-corrected chi connectivity index (χ2v) is 8.38. The van der Waals surface area contributed by atoms with Crippen LogP contribution in [0.15, 0.2) is 77.7 Å². The average molecular weight is 435 g/mol. The van der Waals surface area contributed by atoms with E-state index < -0.39 is 10.0 Å². The van der Waals surface area contributed by atoms with Crippen molar-refractivity contribution in [2.75, 3.05) is 4.72 Å². The van der Waals surface area contributed by atoms with Gasteiger partial charge in [-0.1, -0.05) is 59.6 Å². The Morgan fingerprint density at radius 3 is 2.21 bits per heavy atom. The maximum Gasteiger partial charge on any atom is 0.261 e. The standard InChI is InChI=1S/C20H16Cl2N2O3S/c21-17-9-5-4-6-15(17)13-23-20(25)14-10-11-19(18(22)12-14)24-28(26,27)16-7-2-1-3-8-16/h1-12,24H,13H2,(H,23,25). The molecule has 0 fully saturated rings. The highest BCUT2D eigenvalue weighted by Gasteiger charge is 2.16. The first-order valence-corrected chi connectivity index (χ1v) is 10.5. The highest BCUT2D eigenvalue weighted by atomic mass is 35.5. The summed E-state index contributed by atoms with van der Waals surface area (Å²) in [5, 5.41) is 3.43. The number of sulfonamides is 1. The number of hydrogen-bond acceptors (Lipinski definition) is 3. The van der Waals surface area contributed by atoms with Gasteiger partial charge in [-0.2, -0.15) is 0 Å². The summed E-state index contributed by atoms with van der Waals surface area (Å²) in [5.74, 6) is -0.348. The van der Waals surface area contributed by atoms with Crippen LogP contribution in [-0.4, -0.2) is 14.3 Å². The third-order valence-corrected chi connectivity index (χ3v) is 5.99. The van der Waals surface area contributed by atoms with Gasteiger partial charge in [0.25, 0.3) is 15.9 Å². The summed E-state index contributed by atoms with van der Waals surface area (Å²) in [5.41, 5.74) is 1.28. The molecular formula is C20H16Cl2N2O3S. The molecule has 1 amide bonds. The number of anilines is 1. The van der Waals surface area contributed by atoms with E-state index in [1.165, 1.54) is 30.3 Å². The summed E-state index contributed by atoms with van der Waals surface area (Å²) in [6.45, 7) is 0.262. The minimum absolute atomic E-state index is 0.116. The molecule has 0 radical (unpaired) electrons. The number of nitrogens with one attached hydrogen (secondary N) is 2. The van der Waals surface area contributed by atoms with Crippen LogP contribution in [0.4, 0.5) is 5.69 Å². The molecule has 0 atom stereocenters. The zero-order valence-corrected chi connectivity index (χ0v) is 16.9. The summed E-state index contributed by atoms with van der Waals surface area (Å²) >= 11 is 12.3. The molecule has 0 saturated carbocycles. The molecule has 0 bridgehead atoms. The molecule has 8 heteroatoms. The Morgan fingerprint density at radius 2 is 1.54 bits per heavy atom. The summed E-state index contributed by atoms with van der Waals surface area (Å²) in [6, 6.07) is 19.5. The lowest BCUT2D eigenvalue weighted by molar-refractivity contribution is 0.0951. The highest BCUT2D eigenvalue weighted by Crippen LogP contribution is 2.26. The molecule has 144 valence electrons. The van der Waals surface area contributed by atoms with Crippen LogP contribution in [0, 0.1) is 0 Å². The first-order valence-electron chi connectivity index (χ1n) is 8.26. The van der Waals surface area contributed by atoms with Crippen molar-refractivity contribution >= 4 is 44.8 Å². The van der Waals surface area contributed by atoms with Crippen molar-refractivity contribution in [3.63, 3.8) is 0 Å². The van der Waals surface area contributed by atoms with Gasteiger partial charge in [0.05, 0.1) is 15.6 Å². The molecule has 2 N–H and O–H groups in total. The third-order valence-electron chi connectivity index (χ3n) is 3.93. The van der Waals surface area contributed by atoms with Crippen LogP contribution in [0.25, 0.3) is 0 Å². The predicted molar refractivity (Wildman–Crippen MR) is 111 cm³/mol. The van der Waals surface area contributed by atoms with E-state index in [2.05, 4.69) is 10.0 Å². The average Bonchev–Trinajstić information content (AvgIpc) is 2.69. The molecule has 5 nitrogen and oxygen atoms in total. The van der Waals surface area contributed by atoms with Crippen molar-refractivity contribution in [3.8, 4) is 0 Å². The molecule has 28 heavy (non-hydrogen) atoms. The number of amides is 1. The van der Waals surface area contributed by atoms with Crippen LogP contribution in [0.5, 0.6) is 0 Å². The zero-order valence-electron chi connectivity index (χ0n) is 14.5. The lowest BCUT2D eigenvalue weighted by Gasteiger charge is -2.11. The number of carbonyl (C=O) groups is 1. The SMILES string of the molecule is O=C(NCc1ccccc1Cl)c1ccc(NS(=O)(=O)c2ccccc2)c(Cl)c1. The lowest BCUT2D eigenvalue weighted by Crippen LogP contribution is -2.23. The Bertz CT molecular complexity index is 1100. The monoisotopic (exact) mass is 434 g/mol. The van der Waals surface area contributed by atoms with Crippen molar-refractivity contribution in [3.05, 3.63) is 94.0 Å². The highest BCUT2D eigenvalue weighted by molar-refractivity contribution is 7.92. The van der Waals surface area contributed by atoms with Gasteiger partial charge in [0.15, 0.2) is 0 Å². The Labute approximate surface area is 173 Å². The van der Waals surface area contributed by atoms with Crippen LogP contribution in [0.2, 0.25) is 10.0 Å². The Hall–Kier alpha value is -2.54. The van der Waals surface area contributed by atoms with Gasteiger partial charge >= 0.3 is 0 Å². The zero-order chi connectivity index (χ0) is 20.1. The van der Waals surface area contributed by atoms with Crippen LogP contribution in [0.1, 0.15) is 15.9 Å². The first kappa shape index (κ1) is 20.2. The van der Waals surface area contributed by atoms with Gasteiger partial charge in [0, 0.05) is 17.1 Å². The fraction of sp³-hybridized carbons (Fsp3) is 0.0500. The molecule has 0 aliphatic carbocycles. The van der Waals surface area contributed by atoms with Gasteiger partial charge in [-0.3, -0.25) is 9.52 Å². The van der Waals surface area contributed by atoms with E-state index >= 15 is 0 Å². The van der Waals surface area contributed by atoms with Gasteiger partial charge in [0.2, 0.25) is 0 Å². The number of rotatable bonds is 6. The number of carbonyl (C=O) groups excluding carboxylic acids is 1. The second-order valence-electron chi connectivity index (χ2n) is 5.89. The normalized spacial score (nSPS) is 11.1. The molecule has 0 spiro atoms. The smallest absolute Gasteiger partial charge is 0.261 e. The van der Waals surface area contributed by atoms with E-state index in [9.17, 15) is 13.2 Å². The molecule has 0 aliphatic rings. The van der Waals surface area contributed by atoms with E-state index in [-0.39, 0.29) is 28.1 Å². The molecular weight excluding hydrogens is 419 g/mol. The van der Waals surface area contributed by atoms with E-state index in [0.29, 0.717) is 10.6 Å². The van der Waals surface area contributed by atoms with E-state index in [1.807, 2.05) is 18.2 Å². The summed E-state index contributed by atoms with van der Waals surface area (Å²) in [7, 11) is -3.77. The molecule has 3 rings (SSSR count). The molecule has 0 saturated heterocycles.